The highest BCUT2D eigenvalue weighted by molar-refractivity contribution is 5.66. The Labute approximate surface area is 150 Å². The van der Waals surface area contributed by atoms with Crippen LogP contribution in [0, 0.1) is 11.8 Å². The number of halogens is 1. The van der Waals surface area contributed by atoms with Gasteiger partial charge in [-0.1, -0.05) is 45.4 Å². The molecule has 1 heterocycles. The lowest BCUT2D eigenvalue weighted by atomic mass is 9.86. The molecule has 0 spiro atoms. The van der Waals surface area contributed by atoms with Gasteiger partial charge in [-0.15, -0.1) is 0 Å². The molecule has 4 nitrogen and oxygen atoms in total. The van der Waals surface area contributed by atoms with E-state index >= 15 is 0 Å². The lowest BCUT2D eigenvalue weighted by Crippen LogP contribution is -2.26. The van der Waals surface area contributed by atoms with E-state index in [9.17, 15) is 14.3 Å². The summed E-state index contributed by atoms with van der Waals surface area (Å²) in [4.78, 5) is 10.5. The summed E-state index contributed by atoms with van der Waals surface area (Å²) in [5, 5.41) is 18.9. The number of alkyl halides is 1. The van der Waals surface area contributed by atoms with E-state index in [0.29, 0.717) is 25.0 Å². The Morgan fingerprint density at radius 2 is 1.96 bits per heavy atom. The van der Waals surface area contributed by atoms with Crippen LogP contribution in [0.3, 0.4) is 0 Å². The van der Waals surface area contributed by atoms with Crippen molar-refractivity contribution < 1.29 is 24.1 Å². The standard InChI is InChI=1S/C20H33FO4/c1-2-3-4-5-6-7-10-14-15(22)13-17-19(14)20(21)16(25-17)11-8-9-12-18(23)24/h11,14-15,17,19-20,22H,2-10,12-13H2,1H3,(H,23,24)/t14-,15?,17?,19+,20?/m0/s1. The van der Waals surface area contributed by atoms with Gasteiger partial charge in [0.1, 0.15) is 11.9 Å². The fourth-order valence-corrected chi connectivity index (χ4v) is 4.27. The topological polar surface area (TPSA) is 66.8 Å². The first-order valence-corrected chi connectivity index (χ1v) is 9.95. The predicted octanol–water partition coefficient (Wildman–Crippen LogP) is 4.61. The van der Waals surface area contributed by atoms with Crippen LogP contribution < -0.4 is 0 Å². The van der Waals surface area contributed by atoms with Crippen molar-refractivity contribution in [1.82, 2.24) is 0 Å². The molecule has 1 aliphatic heterocycles. The number of hydrogen-bond acceptors (Lipinski definition) is 3. The molecule has 1 saturated carbocycles. The molecule has 2 rings (SSSR count). The highest BCUT2D eigenvalue weighted by Gasteiger charge is 2.53. The van der Waals surface area contributed by atoms with E-state index in [-0.39, 0.29) is 24.4 Å². The fraction of sp³-hybridized carbons (Fsp3) is 0.850. The molecule has 0 aromatic rings. The van der Waals surface area contributed by atoms with Gasteiger partial charge in [0.15, 0.2) is 6.17 Å². The monoisotopic (exact) mass is 356 g/mol. The second kappa shape index (κ2) is 10.1. The van der Waals surface area contributed by atoms with Gasteiger partial charge >= 0.3 is 5.97 Å². The molecule has 3 unspecified atom stereocenters. The molecule has 25 heavy (non-hydrogen) atoms. The van der Waals surface area contributed by atoms with Gasteiger partial charge in [-0.05, 0) is 31.3 Å². The van der Waals surface area contributed by atoms with Crippen LogP contribution in [-0.2, 0) is 9.53 Å². The molecule has 5 atom stereocenters. The highest BCUT2D eigenvalue weighted by Crippen LogP contribution is 2.48. The van der Waals surface area contributed by atoms with E-state index in [0.717, 1.165) is 19.3 Å². The maximum Gasteiger partial charge on any atom is 0.303 e. The van der Waals surface area contributed by atoms with E-state index in [4.69, 9.17) is 9.84 Å². The van der Waals surface area contributed by atoms with Crippen LogP contribution in [-0.4, -0.2) is 34.6 Å². The Morgan fingerprint density at radius 1 is 1.24 bits per heavy atom. The minimum Gasteiger partial charge on any atom is -0.491 e. The van der Waals surface area contributed by atoms with Gasteiger partial charge in [0.2, 0.25) is 0 Å². The first kappa shape index (κ1) is 20.2. The zero-order valence-corrected chi connectivity index (χ0v) is 15.3. The molecule has 1 saturated heterocycles. The molecule has 0 bridgehead atoms. The number of unbranched alkanes of at least 4 members (excludes halogenated alkanes) is 6. The number of aliphatic hydroxyl groups is 1. The number of ether oxygens (including phenoxy) is 1. The lowest BCUT2D eigenvalue weighted by molar-refractivity contribution is -0.137. The number of carboxylic acid groups (broad SMARTS) is 1. The van der Waals surface area contributed by atoms with Crippen LogP contribution in [0.2, 0.25) is 0 Å². The van der Waals surface area contributed by atoms with Gasteiger partial charge < -0.3 is 14.9 Å². The van der Waals surface area contributed by atoms with Gasteiger partial charge in [0, 0.05) is 18.8 Å². The lowest BCUT2D eigenvalue weighted by Gasteiger charge is -2.21. The van der Waals surface area contributed by atoms with Gasteiger partial charge in [-0.3, -0.25) is 4.79 Å². The molecule has 1 aliphatic carbocycles. The third-order valence-corrected chi connectivity index (χ3v) is 5.62. The van der Waals surface area contributed by atoms with Crippen molar-refractivity contribution in [1.29, 1.82) is 0 Å². The SMILES string of the molecule is CCCCCCCC[C@H]1C(O)CC2OC(=CCCCC(=O)O)C(F)[C@@H]21. The Hall–Kier alpha value is -1.10. The van der Waals surface area contributed by atoms with E-state index < -0.39 is 18.2 Å². The smallest absolute Gasteiger partial charge is 0.303 e. The van der Waals surface area contributed by atoms with E-state index in [2.05, 4.69) is 6.92 Å². The minimum atomic E-state index is -1.16. The van der Waals surface area contributed by atoms with E-state index in [1.807, 2.05) is 0 Å². The Balaban J connectivity index is 1.79. The van der Waals surface area contributed by atoms with Crippen LogP contribution >= 0.6 is 0 Å². The number of aliphatic hydroxyl groups excluding tert-OH is 1. The zero-order valence-electron chi connectivity index (χ0n) is 15.3. The molecule has 2 N–H and O–H groups in total. The number of carbonyl (C=O) groups is 1. The van der Waals surface area contributed by atoms with Crippen LogP contribution in [0.5, 0.6) is 0 Å². The van der Waals surface area contributed by atoms with Crippen LogP contribution in [0.15, 0.2) is 11.8 Å². The second-order valence-electron chi connectivity index (χ2n) is 7.55. The normalized spacial score (nSPS) is 32.8. The van der Waals surface area contributed by atoms with Crippen LogP contribution in [0.1, 0.15) is 77.6 Å². The third-order valence-electron chi connectivity index (χ3n) is 5.62. The summed E-state index contributed by atoms with van der Waals surface area (Å²) >= 11 is 0. The Bertz CT molecular complexity index is 451. The molecule has 0 amide bonds. The summed E-state index contributed by atoms with van der Waals surface area (Å²) in [6.07, 6.45) is 9.52. The average molecular weight is 356 g/mol. The van der Waals surface area contributed by atoms with E-state index in [1.165, 1.54) is 25.7 Å². The number of rotatable bonds is 11. The molecule has 2 fully saturated rings. The first-order chi connectivity index (χ1) is 12.0. The van der Waals surface area contributed by atoms with Crippen molar-refractivity contribution in [2.75, 3.05) is 0 Å². The molecule has 0 aromatic carbocycles. The Morgan fingerprint density at radius 3 is 2.68 bits per heavy atom. The number of allylic oxidation sites excluding steroid dienone is 2. The van der Waals surface area contributed by atoms with Gasteiger partial charge in [0.25, 0.3) is 0 Å². The highest BCUT2D eigenvalue weighted by atomic mass is 19.1. The zero-order chi connectivity index (χ0) is 18.2. The summed E-state index contributed by atoms with van der Waals surface area (Å²) in [6, 6.07) is 0. The first-order valence-electron chi connectivity index (χ1n) is 9.95. The van der Waals surface area contributed by atoms with Crippen molar-refractivity contribution >= 4 is 5.97 Å². The molecule has 2 aliphatic rings. The van der Waals surface area contributed by atoms with Crippen molar-refractivity contribution in [2.45, 2.75) is 95.9 Å². The van der Waals surface area contributed by atoms with Crippen molar-refractivity contribution in [3.05, 3.63) is 11.8 Å². The average Bonchev–Trinajstić information content (AvgIpc) is 3.03. The maximum absolute atomic E-state index is 14.8. The maximum atomic E-state index is 14.8. The number of carboxylic acids is 1. The summed E-state index contributed by atoms with van der Waals surface area (Å²) in [5.74, 6) is -0.728. The second-order valence-corrected chi connectivity index (χ2v) is 7.55. The largest absolute Gasteiger partial charge is 0.491 e. The predicted molar refractivity (Wildman–Crippen MR) is 94.9 cm³/mol. The van der Waals surface area contributed by atoms with Crippen molar-refractivity contribution in [2.24, 2.45) is 11.8 Å². The van der Waals surface area contributed by atoms with E-state index in [1.54, 1.807) is 6.08 Å². The number of aliphatic carboxylic acids is 1. The summed E-state index contributed by atoms with van der Waals surface area (Å²) in [5.41, 5.74) is 0. The summed E-state index contributed by atoms with van der Waals surface area (Å²) in [7, 11) is 0. The van der Waals surface area contributed by atoms with Crippen LogP contribution in [0.25, 0.3) is 0 Å². The third kappa shape index (κ3) is 5.70. The van der Waals surface area contributed by atoms with Gasteiger partial charge in [0.05, 0.1) is 6.10 Å². The quantitative estimate of drug-likeness (QED) is 0.531. The molecular weight excluding hydrogens is 323 g/mol. The van der Waals surface area contributed by atoms with Crippen LogP contribution in [0.4, 0.5) is 4.39 Å². The molecule has 0 radical (unpaired) electrons. The minimum absolute atomic E-state index is 0.0175. The number of fused-ring (bicyclic) bond motifs is 1. The molecule has 0 aromatic heterocycles. The number of hydrogen-bond donors (Lipinski definition) is 2. The summed E-state index contributed by atoms with van der Waals surface area (Å²) < 4.78 is 20.6. The van der Waals surface area contributed by atoms with Crippen molar-refractivity contribution in [3.63, 3.8) is 0 Å². The summed E-state index contributed by atoms with van der Waals surface area (Å²) in [6.45, 7) is 2.20. The van der Waals surface area contributed by atoms with Crippen molar-refractivity contribution in [3.8, 4) is 0 Å². The van der Waals surface area contributed by atoms with Gasteiger partial charge in [-0.25, -0.2) is 4.39 Å². The Kier molecular flexibility index (Phi) is 8.20. The van der Waals surface area contributed by atoms with Gasteiger partial charge in [-0.2, -0.15) is 0 Å². The molecule has 5 heteroatoms. The molecule has 144 valence electrons. The fourth-order valence-electron chi connectivity index (χ4n) is 4.27. The molecular formula is C20H33FO4.